The predicted octanol–water partition coefficient (Wildman–Crippen LogP) is 4.03. The van der Waals surface area contributed by atoms with Gasteiger partial charge in [-0.2, -0.15) is 0 Å². The van der Waals surface area contributed by atoms with E-state index in [0.717, 1.165) is 22.7 Å². The van der Waals surface area contributed by atoms with Crippen LogP contribution in [0.1, 0.15) is 13.3 Å². The van der Waals surface area contributed by atoms with Crippen molar-refractivity contribution < 1.29 is 17.9 Å². The summed E-state index contributed by atoms with van der Waals surface area (Å²) in [5.41, 5.74) is 1.26. The summed E-state index contributed by atoms with van der Waals surface area (Å²) in [6.45, 7) is 1.87. The van der Waals surface area contributed by atoms with Crippen molar-refractivity contribution in [1.82, 2.24) is 0 Å². The number of carbonyl (C=O) groups is 1. The molecule has 0 spiro atoms. The molecule has 0 radical (unpaired) electrons. The Morgan fingerprint density at radius 3 is 2.34 bits per heavy atom. The monoisotopic (exact) mass is 412 g/mol. The van der Waals surface area contributed by atoms with Crippen LogP contribution in [0.2, 0.25) is 0 Å². The standard InChI is InChI=1S/C22H24N2O4S/c1-4-21(28-18-14-12-17(13-15-18)24(2)29(3,26)27)22(25)23-20-11-7-9-16-8-5-6-10-19(16)20/h5-15,21H,4H2,1-3H3,(H,23,25)/t21-/m0/s1. The molecule has 1 amide bonds. The average Bonchev–Trinajstić information content (AvgIpc) is 2.71. The van der Waals surface area contributed by atoms with Gasteiger partial charge in [-0.1, -0.05) is 43.3 Å². The molecule has 0 fully saturated rings. The third-order valence-corrected chi connectivity index (χ3v) is 5.89. The third-order valence-electron chi connectivity index (χ3n) is 4.69. The van der Waals surface area contributed by atoms with Crippen molar-refractivity contribution in [3.05, 3.63) is 66.7 Å². The normalized spacial score (nSPS) is 12.4. The van der Waals surface area contributed by atoms with E-state index in [1.807, 2.05) is 49.4 Å². The minimum Gasteiger partial charge on any atom is -0.481 e. The van der Waals surface area contributed by atoms with Gasteiger partial charge in [-0.05, 0) is 42.1 Å². The van der Waals surface area contributed by atoms with E-state index in [0.29, 0.717) is 17.9 Å². The number of ether oxygens (including phenoxy) is 1. The van der Waals surface area contributed by atoms with E-state index in [4.69, 9.17) is 4.74 Å². The molecule has 29 heavy (non-hydrogen) atoms. The Kier molecular flexibility index (Phi) is 6.08. The first-order valence-electron chi connectivity index (χ1n) is 9.29. The molecular weight excluding hydrogens is 388 g/mol. The van der Waals surface area contributed by atoms with Gasteiger partial charge >= 0.3 is 0 Å². The maximum absolute atomic E-state index is 12.8. The smallest absolute Gasteiger partial charge is 0.265 e. The number of amides is 1. The van der Waals surface area contributed by atoms with Crippen LogP contribution in [-0.2, 0) is 14.8 Å². The largest absolute Gasteiger partial charge is 0.481 e. The van der Waals surface area contributed by atoms with Crippen molar-refractivity contribution in [3.63, 3.8) is 0 Å². The molecule has 0 aliphatic heterocycles. The summed E-state index contributed by atoms with van der Waals surface area (Å²) in [4.78, 5) is 12.8. The molecule has 0 aromatic heterocycles. The van der Waals surface area contributed by atoms with Gasteiger partial charge in [-0.3, -0.25) is 9.10 Å². The Labute approximate surface area is 171 Å². The summed E-state index contributed by atoms with van der Waals surface area (Å²) in [7, 11) is -1.85. The Balaban J connectivity index is 1.73. The number of nitrogens with zero attached hydrogens (tertiary/aromatic N) is 1. The van der Waals surface area contributed by atoms with E-state index in [9.17, 15) is 13.2 Å². The molecule has 152 valence electrons. The molecule has 1 atom stereocenters. The lowest BCUT2D eigenvalue weighted by atomic mass is 10.1. The van der Waals surface area contributed by atoms with Crippen molar-refractivity contribution >= 4 is 38.1 Å². The van der Waals surface area contributed by atoms with Crippen LogP contribution in [0.4, 0.5) is 11.4 Å². The molecule has 0 aliphatic rings. The maximum atomic E-state index is 12.8. The minimum absolute atomic E-state index is 0.235. The van der Waals surface area contributed by atoms with Gasteiger partial charge in [0.2, 0.25) is 10.0 Å². The summed E-state index contributed by atoms with van der Waals surface area (Å²) in [5.74, 6) is 0.261. The summed E-state index contributed by atoms with van der Waals surface area (Å²) in [6, 6.07) is 20.2. The molecule has 3 aromatic rings. The number of sulfonamides is 1. The van der Waals surface area contributed by atoms with E-state index in [-0.39, 0.29) is 5.91 Å². The van der Waals surface area contributed by atoms with E-state index in [2.05, 4.69) is 5.32 Å². The molecule has 7 heteroatoms. The predicted molar refractivity (Wildman–Crippen MR) is 117 cm³/mol. The second-order valence-electron chi connectivity index (χ2n) is 6.76. The van der Waals surface area contributed by atoms with Gasteiger partial charge in [0.1, 0.15) is 5.75 Å². The van der Waals surface area contributed by atoms with Gasteiger partial charge in [-0.15, -0.1) is 0 Å². The number of hydrogen-bond acceptors (Lipinski definition) is 4. The average molecular weight is 413 g/mol. The van der Waals surface area contributed by atoms with Gasteiger partial charge in [0.25, 0.3) is 5.91 Å². The molecule has 0 bridgehead atoms. The Morgan fingerprint density at radius 1 is 1.03 bits per heavy atom. The topological polar surface area (TPSA) is 75.7 Å². The molecule has 0 heterocycles. The van der Waals surface area contributed by atoms with Crippen LogP contribution in [0.5, 0.6) is 5.75 Å². The lowest BCUT2D eigenvalue weighted by molar-refractivity contribution is -0.122. The number of anilines is 2. The zero-order valence-electron chi connectivity index (χ0n) is 16.6. The third kappa shape index (κ3) is 4.86. The van der Waals surface area contributed by atoms with Crippen molar-refractivity contribution in [2.24, 2.45) is 0 Å². The van der Waals surface area contributed by atoms with Crippen molar-refractivity contribution in [2.45, 2.75) is 19.4 Å². The number of benzene rings is 3. The van der Waals surface area contributed by atoms with Crippen LogP contribution < -0.4 is 14.4 Å². The first-order valence-corrected chi connectivity index (χ1v) is 11.1. The highest BCUT2D eigenvalue weighted by atomic mass is 32.2. The molecule has 0 aliphatic carbocycles. The SMILES string of the molecule is CC[C@H](Oc1ccc(N(C)S(C)(=O)=O)cc1)C(=O)Nc1cccc2ccccc12. The van der Waals surface area contributed by atoms with E-state index in [1.165, 1.54) is 11.4 Å². The molecule has 3 aromatic carbocycles. The summed E-state index contributed by atoms with van der Waals surface area (Å²) < 4.78 is 30.3. The molecule has 6 nitrogen and oxygen atoms in total. The van der Waals surface area contributed by atoms with Crippen LogP contribution in [0.3, 0.4) is 0 Å². The number of rotatable bonds is 7. The van der Waals surface area contributed by atoms with Crippen LogP contribution in [0.25, 0.3) is 10.8 Å². The van der Waals surface area contributed by atoms with E-state index in [1.54, 1.807) is 24.3 Å². The van der Waals surface area contributed by atoms with Crippen molar-refractivity contribution in [1.29, 1.82) is 0 Å². The number of fused-ring (bicyclic) bond motifs is 1. The maximum Gasteiger partial charge on any atom is 0.265 e. The van der Waals surface area contributed by atoms with Crippen LogP contribution in [-0.4, -0.2) is 33.7 Å². The minimum atomic E-state index is -3.33. The highest BCUT2D eigenvalue weighted by molar-refractivity contribution is 7.92. The molecule has 1 N–H and O–H groups in total. The zero-order valence-corrected chi connectivity index (χ0v) is 17.4. The second kappa shape index (κ2) is 8.53. The van der Waals surface area contributed by atoms with Gasteiger partial charge < -0.3 is 10.1 Å². The Morgan fingerprint density at radius 2 is 1.69 bits per heavy atom. The lowest BCUT2D eigenvalue weighted by Crippen LogP contribution is -2.32. The number of carbonyl (C=O) groups excluding carboxylic acids is 1. The van der Waals surface area contributed by atoms with Gasteiger partial charge in [0.05, 0.1) is 11.9 Å². The molecule has 0 saturated heterocycles. The zero-order chi connectivity index (χ0) is 21.0. The quantitative estimate of drug-likeness (QED) is 0.636. The van der Waals surface area contributed by atoms with Crippen molar-refractivity contribution in [3.8, 4) is 5.75 Å². The summed E-state index contributed by atoms with van der Waals surface area (Å²) in [6.07, 6.45) is 0.955. The van der Waals surface area contributed by atoms with Gasteiger partial charge in [0.15, 0.2) is 6.10 Å². The van der Waals surface area contributed by atoms with Crippen LogP contribution >= 0.6 is 0 Å². The molecule has 0 unspecified atom stereocenters. The van der Waals surface area contributed by atoms with Crippen molar-refractivity contribution in [2.75, 3.05) is 22.9 Å². The van der Waals surface area contributed by atoms with Crippen LogP contribution in [0.15, 0.2) is 66.7 Å². The van der Waals surface area contributed by atoms with Gasteiger partial charge in [-0.25, -0.2) is 8.42 Å². The first kappa shape index (κ1) is 20.7. The van der Waals surface area contributed by atoms with E-state index >= 15 is 0 Å². The Hall–Kier alpha value is -3.06. The molecular formula is C22H24N2O4S. The Bertz CT molecular complexity index is 1110. The summed E-state index contributed by atoms with van der Waals surface area (Å²) >= 11 is 0. The molecule has 0 saturated carbocycles. The van der Waals surface area contributed by atoms with E-state index < -0.39 is 16.1 Å². The fourth-order valence-corrected chi connectivity index (χ4v) is 3.46. The molecule has 3 rings (SSSR count). The van der Waals surface area contributed by atoms with Crippen LogP contribution in [0, 0.1) is 0 Å². The number of hydrogen-bond donors (Lipinski definition) is 1. The van der Waals surface area contributed by atoms with Gasteiger partial charge in [0, 0.05) is 18.1 Å². The first-order chi connectivity index (χ1) is 13.8. The highest BCUT2D eigenvalue weighted by Crippen LogP contribution is 2.25. The lowest BCUT2D eigenvalue weighted by Gasteiger charge is -2.20. The fourth-order valence-electron chi connectivity index (χ4n) is 2.96. The fraction of sp³-hybridized carbons (Fsp3) is 0.227. The second-order valence-corrected chi connectivity index (χ2v) is 8.77. The summed E-state index contributed by atoms with van der Waals surface area (Å²) in [5, 5.41) is 4.96. The number of nitrogens with one attached hydrogen (secondary N) is 1. The highest BCUT2D eigenvalue weighted by Gasteiger charge is 2.20.